The summed E-state index contributed by atoms with van der Waals surface area (Å²) in [6.45, 7) is 7.04. The van der Waals surface area contributed by atoms with Gasteiger partial charge in [-0.2, -0.15) is 0 Å². The Hall–Kier alpha value is -3.39. The number of amides is 2. The third kappa shape index (κ3) is 5.51. The standard InChI is InChI=1S/C25H30N4O4/c1-16-4-3-5-17(2)23(16)27-22(30)15-28-10-12-29(13-11-28)19-8-9-21(20(14-19)25(32)33)26-24(31)18-6-7-18/h3-5,8-9,14,18H,6-7,10-13,15H2,1-2H3,(H,26,31)(H,27,30)(H,32,33). The van der Waals surface area contributed by atoms with Crippen LogP contribution in [0.1, 0.15) is 34.3 Å². The van der Waals surface area contributed by atoms with E-state index in [1.807, 2.05) is 38.1 Å². The first-order valence-corrected chi connectivity index (χ1v) is 11.3. The zero-order chi connectivity index (χ0) is 23.5. The number of carbonyl (C=O) groups is 3. The minimum Gasteiger partial charge on any atom is -0.478 e. The van der Waals surface area contributed by atoms with Gasteiger partial charge in [0.15, 0.2) is 0 Å². The number of aromatic carboxylic acids is 1. The van der Waals surface area contributed by atoms with Gasteiger partial charge in [-0.3, -0.25) is 14.5 Å². The van der Waals surface area contributed by atoms with Crippen LogP contribution in [-0.2, 0) is 9.59 Å². The highest BCUT2D eigenvalue weighted by Crippen LogP contribution is 2.31. The van der Waals surface area contributed by atoms with Gasteiger partial charge in [-0.15, -0.1) is 0 Å². The van der Waals surface area contributed by atoms with Crippen LogP contribution in [0.25, 0.3) is 0 Å². The maximum absolute atomic E-state index is 12.6. The summed E-state index contributed by atoms with van der Waals surface area (Å²) in [7, 11) is 0. The molecule has 1 aliphatic heterocycles. The van der Waals surface area contributed by atoms with Crippen LogP contribution in [0.3, 0.4) is 0 Å². The van der Waals surface area contributed by atoms with E-state index in [1.54, 1.807) is 12.1 Å². The summed E-state index contributed by atoms with van der Waals surface area (Å²) < 4.78 is 0. The van der Waals surface area contributed by atoms with E-state index in [1.165, 1.54) is 0 Å². The SMILES string of the molecule is Cc1cccc(C)c1NC(=O)CN1CCN(c2ccc(NC(=O)C3CC3)c(C(=O)O)c2)CC1. The molecule has 0 radical (unpaired) electrons. The summed E-state index contributed by atoms with van der Waals surface area (Å²) in [6.07, 6.45) is 1.72. The molecule has 4 rings (SSSR count). The lowest BCUT2D eigenvalue weighted by atomic mass is 10.1. The molecule has 2 amide bonds. The van der Waals surface area contributed by atoms with Crippen LogP contribution in [0.15, 0.2) is 36.4 Å². The summed E-state index contributed by atoms with van der Waals surface area (Å²) in [5.74, 6) is -1.21. The first-order valence-electron chi connectivity index (χ1n) is 11.3. The van der Waals surface area contributed by atoms with Crippen molar-refractivity contribution in [2.45, 2.75) is 26.7 Å². The molecule has 0 bridgehead atoms. The predicted octanol–water partition coefficient (Wildman–Crippen LogP) is 3.11. The van der Waals surface area contributed by atoms with Gasteiger partial charge in [0, 0.05) is 43.5 Å². The number of nitrogens with one attached hydrogen (secondary N) is 2. The van der Waals surface area contributed by atoms with Crippen molar-refractivity contribution in [3.8, 4) is 0 Å². The molecular weight excluding hydrogens is 420 g/mol. The molecular formula is C25H30N4O4. The van der Waals surface area contributed by atoms with Gasteiger partial charge >= 0.3 is 5.97 Å². The highest BCUT2D eigenvalue weighted by Gasteiger charge is 2.30. The van der Waals surface area contributed by atoms with Gasteiger partial charge in [0.25, 0.3) is 0 Å². The quantitative estimate of drug-likeness (QED) is 0.599. The summed E-state index contributed by atoms with van der Waals surface area (Å²) in [5, 5.41) is 15.4. The number of carbonyl (C=O) groups excluding carboxylic acids is 2. The van der Waals surface area contributed by atoms with Crippen LogP contribution < -0.4 is 15.5 Å². The first-order chi connectivity index (χ1) is 15.8. The van der Waals surface area contributed by atoms with E-state index >= 15 is 0 Å². The second kappa shape index (κ2) is 9.62. The van der Waals surface area contributed by atoms with Gasteiger partial charge in [-0.1, -0.05) is 18.2 Å². The minimum absolute atomic E-state index is 0.00585. The second-order valence-corrected chi connectivity index (χ2v) is 8.88. The number of nitrogens with zero attached hydrogens (tertiary/aromatic N) is 2. The van der Waals surface area contributed by atoms with Gasteiger partial charge in [-0.05, 0) is 56.0 Å². The van der Waals surface area contributed by atoms with Gasteiger partial charge in [0.05, 0.1) is 17.8 Å². The zero-order valence-corrected chi connectivity index (χ0v) is 19.1. The number of hydrogen-bond acceptors (Lipinski definition) is 5. The first kappa shape index (κ1) is 22.8. The highest BCUT2D eigenvalue weighted by molar-refractivity contribution is 6.02. The van der Waals surface area contributed by atoms with Gasteiger partial charge in [-0.25, -0.2) is 4.79 Å². The monoisotopic (exact) mass is 450 g/mol. The van der Waals surface area contributed by atoms with E-state index in [0.717, 1.165) is 35.3 Å². The maximum atomic E-state index is 12.6. The molecule has 2 fully saturated rings. The Balaban J connectivity index is 1.34. The summed E-state index contributed by atoms with van der Waals surface area (Å²) >= 11 is 0. The van der Waals surface area contributed by atoms with E-state index < -0.39 is 5.97 Å². The third-order valence-corrected chi connectivity index (χ3v) is 6.29. The van der Waals surface area contributed by atoms with Crippen molar-refractivity contribution in [3.05, 3.63) is 53.1 Å². The number of anilines is 3. The molecule has 174 valence electrons. The third-order valence-electron chi connectivity index (χ3n) is 6.29. The summed E-state index contributed by atoms with van der Waals surface area (Å²) in [4.78, 5) is 40.6. The lowest BCUT2D eigenvalue weighted by molar-refractivity contribution is -0.118. The fraction of sp³-hybridized carbons (Fsp3) is 0.400. The lowest BCUT2D eigenvalue weighted by Gasteiger charge is -2.36. The van der Waals surface area contributed by atoms with Gasteiger partial charge in [0.2, 0.25) is 11.8 Å². The van der Waals surface area contributed by atoms with Crippen LogP contribution in [0.4, 0.5) is 17.1 Å². The normalized spacial score (nSPS) is 16.4. The van der Waals surface area contributed by atoms with Gasteiger partial charge < -0.3 is 20.6 Å². The largest absolute Gasteiger partial charge is 0.478 e. The Morgan fingerprint density at radius 3 is 2.24 bits per heavy atom. The Labute approximate surface area is 193 Å². The van der Waals surface area contributed by atoms with E-state index in [0.29, 0.717) is 38.4 Å². The van der Waals surface area contributed by atoms with Crippen molar-refractivity contribution in [1.82, 2.24) is 4.90 Å². The number of carboxylic acid groups (broad SMARTS) is 1. The number of piperazine rings is 1. The van der Waals surface area contributed by atoms with Gasteiger partial charge in [0.1, 0.15) is 0 Å². The zero-order valence-electron chi connectivity index (χ0n) is 19.1. The van der Waals surface area contributed by atoms with Crippen LogP contribution in [0, 0.1) is 19.8 Å². The molecule has 2 aromatic carbocycles. The van der Waals surface area contributed by atoms with E-state index in [4.69, 9.17) is 0 Å². The summed E-state index contributed by atoms with van der Waals surface area (Å²) in [5.41, 5.74) is 4.19. The molecule has 1 saturated carbocycles. The smallest absolute Gasteiger partial charge is 0.337 e. The molecule has 0 unspecified atom stereocenters. The number of para-hydroxylation sites is 1. The Kier molecular flexibility index (Phi) is 6.65. The van der Waals surface area contributed by atoms with E-state index in [-0.39, 0.29) is 23.3 Å². The van der Waals surface area contributed by atoms with Crippen molar-refractivity contribution < 1.29 is 19.5 Å². The topological polar surface area (TPSA) is 102 Å². The molecule has 8 nitrogen and oxygen atoms in total. The fourth-order valence-electron chi connectivity index (χ4n) is 4.15. The minimum atomic E-state index is -1.07. The number of hydrogen-bond donors (Lipinski definition) is 3. The molecule has 1 aliphatic carbocycles. The van der Waals surface area contributed by atoms with Crippen molar-refractivity contribution in [2.24, 2.45) is 5.92 Å². The number of rotatable bonds is 7. The number of aryl methyl sites for hydroxylation is 2. The predicted molar refractivity (Wildman–Crippen MR) is 128 cm³/mol. The molecule has 0 atom stereocenters. The molecule has 0 aromatic heterocycles. The number of carboxylic acids is 1. The van der Waals surface area contributed by atoms with Crippen LogP contribution in [0.2, 0.25) is 0 Å². The highest BCUT2D eigenvalue weighted by atomic mass is 16.4. The van der Waals surface area contributed by atoms with Crippen LogP contribution >= 0.6 is 0 Å². The lowest BCUT2D eigenvalue weighted by Crippen LogP contribution is -2.48. The average Bonchev–Trinajstić information content (AvgIpc) is 3.63. The molecule has 3 N–H and O–H groups in total. The second-order valence-electron chi connectivity index (χ2n) is 8.88. The molecule has 33 heavy (non-hydrogen) atoms. The average molecular weight is 451 g/mol. The number of benzene rings is 2. The molecule has 2 aliphatic rings. The molecule has 0 spiro atoms. The Morgan fingerprint density at radius 1 is 0.970 bits per heavy atom. The van der Waals surface area contributed by atoms with E-state index in [9.17, 15) is 19.5 Å². The van der Waals surface area contributed by atoms with E-state index in [2.05, 4.69) is 20.4 Å². The summed E-state index contributed by atoms with van der Waals surface area (Å²) in [6, 6.07) is 11.1. The van der Waals surface area contributed by atoms with Crippen molar-refractivity contribution in [3.63, 3.8) is 0 Å². The molecule has 1 heterocycles. The van der Waals surface area contributed by atoms with Crippen LogP contribution in [0.5, 0.6) is 0 Å². The molecule has 1 saturated heterocycles. The Bertz CT molecular complexity index is 1050. The van der Waals surface area contributed by atoms with Crippen molar-refractivity contribution in [1.29, 1.82) is 0 Å². The van der Waals surface area contributed by atoms with Crippen LogP contribution in [-0.4, -0.2) is 60.5 Å². The van der Waals surface area contributed by atoms with Crippen molar-refractivity contribution in [2.75, 3.05) is 48.3 Å². The molecule has 8 heteroatoms. The van der Waals surface area contributed by atoms with Crippen molar-refractivity contribution >= 4 is 34.8 Å². The fourth-order valence-corrected chi connectivity index (χ4v) is 4.15. The maximum Gasteiger partial charge on any atom is 0.337 e. The Morgan fingerprint density at radius 2 is 1.64 bits per heavy atom. The molecule has 2 aromatic rings.